The molecule has 0 spiro atoms. The van der Waals surface area contributed by atoms with Crippen molar-refractivity contribution in [3.8, 4) is 0 Å². The van der Waals surface area contributed by atoms with Gasteiger partial charge in [-0.2, -0.15) is 0 Å². The van der Waals surface area contributed by atoms with Crippen molar-refractivity contribution in [1.82, 2.24) is 4.90 Å². The number of aliphatic hydroxyl groups excluding tert-OH is 1. The molecular formula is C22H39NO4. The molecule has 0 aromatic heterocycles. The second-order valence-corrected chi connectivity index (χ2v) is 9.76. The van der Waals surface area contributed by atoms with Crippen molar-refractivity contribution in [2.75, 3.05) is 32.8 Å². The molecule has 3 rings (SSSR count). The summed E-state index contributed by atoms with van der Waals surface area (Å²) >= 11 is 0. The van der Waals surface area contributed by atoms with Crippen LogP contribution in [0.25, 0.3) is 0 Å². The number of piperidine rings is 1. The molecule has 2 aliphatic carbocycles. The molecule has 5 nitrogen and oxygen atoms in total. The number of esters is 1. The highest BCUT2D eigenvalue weighted by Crippen LogP contribution is 2.66. The van der Waals surface area contributed by atoms with E-state index in [1.54, 1.807) is 0 Å². The van der Waals surface area contributed by atoms with E-state index in [4.69, 9.17) is 9.47 Å². The summed E-state index contributed by atoms with van der Waals surface area (Å²) in [4.78, 5) is 14.2. The Kier molecular flexibility index (Phi) is 6.54. The summed E-state index contributed by atoms with van der Waals surface area (Å²) in [6, 6.07) is 0. The van der Waals surface area contributed by atoms with Crippen LogP contribution in [0.3, 0.4) is 0 Å². The maximum Gasteiger partial charge on any atom is 0.310 e. The highest BCUT2D eigenvalue weighted by Gasteiger charge is 2.61. The summed E-state index contributed by atoms with van der Waals surface area (Å²) in [6.07, 6.45) is 6.26. The average Bonchev–Trinajstić information content (AvgIpc) is 2.95. The maximum absolute atomic E-state index is 12.0. The first kappa shape index (κ1) is 21.1. The molecule has 2 bridgehead atoms. The predicted molar refractivity (Wildman–Crippen MR) is 105 cm³/mol. The molecule has 3 aliphatic rings. The van der Waals surface area contributed by atoms with E-state index in [1.165, 1.54) is 19.3 Å². The molecular weight excluding hydrogens is 342 g/mol. The second-order valence-electron chi connectivity index (χ2n) is 9.76. The fraction of sp³-hybridized carbons (Fsp3) is 0.955. The molecule has 2 saturated carbocycles. The topological polar surface area (TPSA) is 59.0 Å². The van der Waals surface area contributed by atoms with Gasteiger partial charge in [0.1, 0.15) is 0 Å². The van der Waals surface area contributed by atoms with Gasteiger partial charge in [-0.1, -0.05) is 20.8 Å². The van der Waals surface area contributed by atoms with Crippen molar-refractivity contribution in [3.05, 3.63) is 0 Å². The van der Waals surface area contributed by atoms with Crippen LogP contribution in [-0.2, 0) is 14.3 Å². The minimum atomic E-state index is -0.398. The van der Waals surface area contributed by atoms with Crippen LogP contribution in [0.1, 0.15) is 66.2 Å². The molecule has 5 heteroatoms. The van der Waals surface area contributed by atoms with Crippen molar-refractivity contribution >= 4 is 5.97 Å². The quantitative estimate of drug-likeness (QED) is 0.654. The molecule has 0 radical (unpaired) electrons. The fourth-order valence-electron chi connectivity index (χ4n) is 5.79. The number of β-amino-alcohol motifs (C(OH)–C–C–N with tert-alkyl or cyclic N) is 1. The Balaban J connectivity index is 1.39. The van der Waals surface area contributed by atoms with Gasteiger partial charge in [-0.25, -0.2) is 0 Å². The van der Waals surface area contributed by atoms with Gasteiger partial charge in [-0.15, -0.1) is 0 Å². The Morgan fingerprint density at radius 2 is 2.07 bits per heavy atom. The lowest BCUT2D eigenvalue weighted by Crippen LogP contribution is -2.43. The predicted octanol–water partition coefficient (Wildman–Crippen LogP) is 3.24. The molecule has 0 unspecified atom stereocenters. The lowest BCUT2D eigenvalue weighted by Gasteiger charge is -2.39. The van der Waals surface area contributed by atoms with E-state index in [2.05, 4.69) is 25.7 Å². The Morgan fingerprint density at radius 1 is 1.30 bits per heavy atom. The van der Waals surface area contributed by atoms with Gasteiger partial charge in [0, 0.05) is 19.7 Å². The second kappa shape index (κ2) is 8.38. The van der Waals surface area contributed by atoms with Crippen molar-refractivity contribution in [2.24, 2.45) is 22.7 Å². The fourth-order valence-corrected chi connectivity index (χ4v) is 5.79. The van der Waals surface area contributed by atoms with Crippen LogP contribution >= 0.6 is 0 Å². The number of rotatable bonds is 8. The number of carbonyl (C=O) groups excluding carboxylic acids is 1. The molecule has 0 aromatic rings. The lowest BCUT2D eigenvalue weighted by atomic mass is 9.70. The molecule has 1 aliphatic heterocycles. The van der Waals surface area contributed by atoms with Crippen LogP contribution in [0.2, 0.25) is 0 Å². The summed E-state index contributed by atoms with van der Waals surface area (Å²) in [5.41, 5.74) is 0.647. The first-order valence-electron chi connectivity index (χ1n) is 11.0. The number of hydrogen-bond donors (Lipinski definition) is 1. The number of nitrogens with zero attached hydrogens (tertiary/aromatic N) is 1. The van der Waals surface area contributed by atoms with E-state index in [9.17, 15) is 9.90 Å². The molecule has 0 amide bonds. The first-order valence-corrected chi connectivity index (χ1v) is 11.0. The Morgan fingerprint density at radius 3 is 2.70 bits per heavy atom. The van der Waals surface area contributed by atoms with E-state index in [0.29, 0.717) is 44.2 Å². The third-order valence-corrected chi connectivity index (χ3v) is 8.08. The molecule has 3 fully saturated rings. The van der Waals surface area contributed by atoms with Crippen LogP contribution in [0.15, 0.2) is 0 Å². The number of carbonyl (C=O) groups is 1. The van der Waals surface area contributed by atoms with Crippen molar-refractivity contribution in [1.29, 1.82) is 0 Å². The summed E-state index contributed by atoms with van der Waals surface area (Å²) in [5.74, 6) is 0.649. The standard InChI is InChI=1S/C22H39NO4/c1-5-26-20(25)16-7-6-11-23(14-16)15-18(24)9-12-27-19-13-17-8-10-22(19,4)21(17,2)3/h16-19,24H,5-15H2,1-4H3/t16-,17-,18+,19-,22-/m1/s1. The van der Waals surface area contributed by atoms with E-state index in [1.807, 2.05) is 6.92 Å². The summed E-state index contributed by atoms with van der Waals surface area (Å²) in [6.45, 7) is 12.4. The largest absolute Gasteiger partial charge is 0.466 e. The summed E-state index contributed by atoms with van der Waals surface area (Å²) < 4.78 is 11.4. The third-order valence-electron chi connectivity index (χ3n) is 8.08. The van der Waals surface area contributed by atoms with Gasteiger partial charge in [0.15, 0.2) is 0 Å². The van der Waals surface area contributed by atoms with E-state index < -0.39 is 6.10 Å². The average molecular weight is 382 g/mol. The zero-order valence-corrected chi connectivity index (χ0v) is 17.7. The summed E-state index contributed by atoms with van der Waals surface area (Å²) in [5, 5.41) is 10.5. The van der Waals surface area contributed by atoms with Crippen LogP contribution in [0.4, 0.5) is 0 Å². The number of hydrogen-bond acceptors (Lipinski definition) is 5. The minimum absolute atomic E-state index is 0.0432. The van der Waals surface area contributed by atoms with Crippen molar-refractivity contribution in [3.63, 3.8) is 0 Å². The van der Waals surface area contributed by atoms with Gasteiger partial charge in [0.25, 0.3) is 0 Å². The molecule has 0 aromatic carbocycles. The zero-order valence-electron chi connectivity index (χ0n) is 17.7. The van der Waals surface area contributed by atoms with Crippen LogP contribution < -0.4 is 0 Å². The van der Waals surface area contributed by atoms with E-state index >= 15 is 0 Å². The zero-order chi connectivity index (χ0) is 19.7. The van der Waals surface area contributed by atoms with Crippen LogP contribution in [-0.4, -0.2) is 61.0 Å². The number of likely N-dealkylation sites (tertiary alicyclic amines) is 1. The van der Waals surface area contributed by atoms with Gasteiger partial charge < -0.3 is 14.6 Å². The normalized spacial score (nSPS) is 36.7. The molecule has 1 N–H and O–H groups in total. The smallest absolute Gasteiger partial charge is 0.310 e. The highest BCUT2D eigenvalue weighted by molar-refractivity contribution is 5.72. The Labute approximate surface area is 164 Å². The van der Waals surface area contributed by atoms with Gasteiger partial charge in [0.2, 0.25) is 0 Å². The maximum atomic E-state index is 12.0. The number of fused-ring (bicyclic) bond motifs is 2. The molecule has 1 heterocycles. The number of aliphatic hydroxyl groups is 1. The first-order chi connectivity index (χ1) is 12.8. The van der Waals surface area contributed by atoms with Crippen LogP contribution in [0.5, 0.6) is 0 Å². The SMILES string of the molecule is CCOC(=O)[C@@H]1CCCN(C[C@@H](O)CCO[C@@H]2C[C@H]3CC[C@@]2(C)C3(C)C)C1. The molecule has 5 atom stereocenters. The van der Waals surface area contributed by atoms with Gasteiger partial charge in [-0.3, -0.25) is 9.69 Å². The third kappa shape index (κ3) is 4.20. The van der Waals surface area contributed by atoms with Crippen molar-refractivity contribution in [2.45, 2.75) is 78.4 Å². The molecule has 1 saturated heterocycles. The van der Waals surface area contributed by atoms with Gasteiger partial charge in [-0.05, 0) is 68.7 Å². The van der Waals surface area contributed by atoms with E-state index in [0.717, 1.165) is 25.3 Å². The van der Waals surface area contributed by atoms with Crippen LogP contribution in [0, 0.1) is 22.7 Å². The van der Waals surface area contributed by atoms with Gasteiger partial charge >= 0.3 is 5.97 Å². The van der Waals surface area contributed by atoms with Crippen molar-refractivity contribution < 1.29 is 19.4 Å². The highest BCUT2D eigenvalue weighted by atomic mass is 16.5. The van der Waals surface area contributed by atoms with E-state index in [-0.39, 0.29) is 17.3 Å². The lowest BCUT2D eigenvalue weighted by molar-refractivity contribution is -0.150. The summed E-state index contributed by atoms with van der Waals surface area (Å²) in [7, 11) is 0. The van der Waals surface area contributed by atoms with Gasteiger partial charge in [0.05, 0.1) is 24.7 Å². The monoisotopic (exact) mass is 381 g/mol. The number of ether oxygens (including phenoxy) is 2. The minimum Gasteiger partial charge on any atom is -0.466 e. The Bertz CT molecular complexity index is 522. The Hall–Kier alpha value is -0.650. The molecule has 156 valence electrons. The molecule has 27 heavy (non-hydrogen) atoms.